The molecule has 3 aromatic heterocycles. The van der Waals surface area contributed by atoms with Gasteiger partial charge in [0.05, 0.1) is 11.0 Å². The average molecular weight is 555 g/mol. The lowest BCUT2D eigenvalue weighted by Gasteiger charge is -2.11. The van der Waals surface area contributed by atoms with Crippen molar-refractivity contribution < 1.29 is 0 Å². The van der Waals surface area contributed by atoms with Crippen LogP contribution in [-0.2, 0) is 0 Å². The number of fused-ring (bicyclic) bond motifs is 8. The molecule has 42 heavy (non-hydrogen) atoms. The molecule has 0 amide bonds. The zero-order chi connectivity index (χ0) is 27.6. The van der Waals surface area contributed by atoms with Crippen molar-refractivity contribution in [3.8, 4) is 28.7 Å². The van der Waals surface area contributed by atoms with Crippen molar-refractivity contribution in [2.75, 3.05) is 0 Å². The van der Waals surface area contributed by atoms with Gasteiger partial charge in [-0.3, -0.25) is 4.57 Å². The van der Waals surface area contributed by atoms with Crippen LogP contribution in [0.4, 0.5) is 0 Å². The van der Waals surface area contributed by atoms with Crippen molar-refractivity contribution in [1.82, 2.24) is 19.5 Å². The maximum atomic E-state index is 5.22. The van der Waals surface area contributed by atoms with Crippen LogP contribution in [0.5, 0.6) is 0 Å². The molecular weight excluding hydrogens is 533 g/mol. The van der Waals surface area contributed by atoms with E-state index in [9.17, 15) is 0 Å². The summed E-state index contributed by atoms with van der Waals surface area (Å²) in [6, 6.07) is 46.6. The first kappa shape index (κ1) is 23.3. The van der Waals surface area contributed by atoms with Crippen LogP contribution < -0.4 is 0 Å². The third-order valence-electron chi connectivity index (χ3n) is 8.06. The molecule has 0 unspecified atom stereocenters. The molecule has 0 fully saturated rings. The Hall–Kier alpha value is -5.39. The first-order valence-corrected chi connectivity index (χ1v) is 14.8. The van der Waals surface area contributed by atoms with Gasteiger partial charge < -0.3 is 0 Å². The van der Waals surface area contributed by atoms with E-state index in [-0.39, 0.29) is 0 Å². The summed E-state index contributed by atoms with van der Waals surface area (Å²) >= 11 is 1.83. The highest BCUT2D eigenvalue weighted by atomic mass is 32.1. The highest BCUT2D eigenvalue weighted by Gasteiger charge is 2.20. The molecule has 9 rings (SSSR count). The van der Waals surface area contributed by atoms with E-state index in [1.165, 1.54) is 41.7 Å². The largest absolute Gasteiger partial charge is 0.278 e. The number of para-hydroxylation sites is 2. The third kappa shape index (κ3) is 3.44. The number of benzene rings is 6. The fourth-order valence-electron chi connectivity index (χ4n) is 6.18. The standard InChI is InChI=1S/C37H22N4S/c1-2-12-24(13-3-1)35-38-36(40-37(39-35)41-30-18-8-6-15-26(30)27-16-7-9-19-31(27)41)29-17-10-20-32-33(29)28-22-21-23-11-4-5-14-25(23)34(28)42-32/h1-22H. The van der Waals surface area contributed by atoms with Gasteiger partial charge in [-0.25, -0.2) is 4.98 Å². The molecule has 0 aliphatic rings. The summed E-state index contributed by atoms with van der Waals surface area (Å²) < 4.78 is 4.68. The number of aromatic nitrogens is 4. The summed E-state index contributed by atoms with van der Waals surface area (Å²) in [4.78, 5) is 15.4. The van der Waals surface area contributed by atoms with Crippen molar-refractivity contribution in [2.24, 2.45) is 0 Å². The van der Waals surface area contributed by atoms with E-state index in [4.69, 9.17) is 15.0 Å². The summed E-state index contributed by atoms with van der Waals surface area (Å²) in [6.45, 7) is 0. The van der Waals surface area contributed by atoms with Gasteiger partial charge in [-0.05, 0) is 29.0 Å². The lowest BCUT2D eigenvalue weighted by atomic mass is 10.0. The summed E-state index contributed by atoms with van der Waals surface area (Å²) in [5.41, 5.74) is 4.10. The fourth-order valence-corrected chi connectivity index (χ4v) is 7.44. The van der Waals surface area contributed by atoms with E-state index in [2.05, 4.69) is 120 Å². The van der Waals surface area contributed by atoms with Gasteiger partial charge in [0.15, 0.2) is 11.6 Å². The summed E-state index contributed by atoms with van der Waals surface area (Å²) in [7, 11) is 0. The fraction of sp³-hybridized carbons (Fsp3) is 0. The summed E-state index contributed by atoms with van der Waals surface area (Å²) in [5, 5.41) is 7.28. The Morgan fingerprint density at radius 2 is 1.14 bits per heavy atom. The van der Waals surface area contributed by atoms with Crippen molar-refractivity contribution >= 4 is 64.1 Å². The zero-order valence-corrected chi connectivity index (χ0v) is 23.2. The number of rotatable bonds is 3. The van der Waals surface area contributed by atoms with Crippen LogP contribution in [0.1, 0.15) is 0 Å². The number of thiophene rings is 1. The molecule has 0 bridgehead atoms. The molecule has 0 atom stereocenters. The molecular formula is C37H22N4S. The van der Waals surface area contributed by atoms with E-state index in [1.54, 1.807) is 0 Å². The first-order chi connectivity index (χ1) is 20.8. The van der Waals surface area contributed by atoms with Crippen LogP contribution in [0.25, 0.3) is 81.5 Å². The summed E-state index contributed by atoms with van der Waals surface area (Å²) in [6.07, 6.45) is 0. The van der Waals surface area contributed by atoms with Crippen molar-refractivity contribution in [3.05, 3.63) is 133 Å². The molecule has 0 saturated carbocycles. The molecule has 5 heteroatoms. The van der Waals surface area contributed by atoms with E-state index >= 15 is 0 Å². The molecule has 4 nitrogen and oxygen atoms in total. The minimum atomic E-state index is 0.609. The average Bonchev–Trinajstić information content (AvgIpc) is 3.61. The van der Waals surface area contributed by atoms with Crippen LogP contribution in [0.15, 0.2) is 133 Å². The van der Waals surface area contributed by atoms with Gasteiger partial charge in [-0.15, -0.1) is 11.3 Å². The van der Waals surface area contributed by atoms with Crippen molar-refractivity contribution in [2.45, 2.75) is 0 Å². The van der Waals surface area contributed by atoms with Crippen LogP contribution >= 0.6 is 11.3 Å². The lowest BCUT2D eigenvalue weighted by Crippen LogP contribution is -2.06. The van der Waals surface area contributed by atoms with Crippen LogP contribution in [-0.4, -0.2) is 19.5 Å². The Kier molecular flexibility index (Phi) is 5.03. The quantitative estimate of drug-likeness (QED) is 0.218. The predicted octanol–water partition coefficient (Wildman–Crippen LogP) is 9.82. The van der Waals surface area contributed by atoms with Gasteiger partial charge in [-0.1, -0.05) is 115 Å². The molecule has 0 aliphatic carbocycles. The van der Waals surface area contributed by atoms with Crippen molar-refractivity contribution in [1.29, 1.82) is 0 Å². The highest BCUT2D eigenvalue weighted by molar-refractivity contribution is 7.26. The molecule has 0 spiro atoms. The Labute approximate surface area is 245 Å². The molecule has 0 radical (unpaired) electrons. The van der Waals surface area contributed by atoms with E-state index in [0.717, 1.165) is 22.2 Å². The second-order valence-corrected chi connectivity index (χ2v) is 11.5. The topological polar surface area (TPSA) is 43.6 Å². The lowest BCUT2D eigenvalue weighted by molar-refractivity contribution is 0.954. The van der Waals surface area contributed by atoms with Gasteiger partial charge in [0.25, 0.3) is 0 Å². The molecule has 0 saturated heterocycles. The van der Waals surface area contributed by atoms with Crippen LogP contribution in [0.3, 0.4) is 0 Å². The molecule has 0 aliphatic heterocycles. The summed E-state index contributed by atoms with van der Waals surface area (Å²) in [5.74, 6) is 1.93. The maximum absolute atomic E-state index is 5.22. The second-order valence-electron chi connectivity index (χ2n) is 10.5. The Morgan fingerprint density at radius 3 is 1.93 bits per heavy atom. The Morgan fingerprint density at radius 1 is 0.476 bits per heavy atom. The minimum Gasteiger partial charge on any atom is -0.278 e. The number of nitrogens with zero attached hydrogens (tertiary/aromatic N) is 4. The van der Waals surface area contributed by atoms with E-state index in [1.807, 2.05) is 29.5 Å². The van der Waals surface area contributed by atoms with Crippen LogP contribution in [0.2, 0.25) is 0 Å². The van der Waals surface area contributed by atoms with Gasteiger partial charge in [0.2, 0.25) is 5.95 Å². The Bertz CT molecular complexity index is 2420. The molecule has 3 heterocycles. The normalized spacial score (nSPS) is 11.8. The monoisotopic (exact) mass is 554 g/mol. The predicted molar refractivity (Wildman–Crippen MR) is 175 cm³/mol. The van der Waals surface area contributed by atoms with E-state index in [0.29, 0.717) is 17.6 Å². The Balaban J connectivity index is 1.38. The molecule has 9 aromatic rings. The van der Waals surface area contributed by atoms with Crippen LogP contribution in [0, 0.1) is 0 Å². The number of hydrogen-bond donors (Lipinski definition) is 0. The second kappa shape index (κ2) is 9.06. The maximum Gasteiger partial charge on any atom is 0.238 e. The van der Waals surface area contributed by atoms with Gasteiger partial charge in [0.1, 0.15) is 0 Å². The third-order valence-corrected chi connectivity index (χ3v) is 9.27. The van der Waals surface area contributed by atoms with Gasteiger partial charge in [0, 0.05) is 42.1 Å². The van der Waals surface area contributed by atoms with E-state index < -0.39 is 0 Å². The van der Waals surface area contributed by atoms with Crippen molar-refractivity contribution in [3.63, 3.8) is 0 Å². The SMILES string of the molecule is c1ccc(-c2nc(-c3cccc4sc5c6ccccc6ccc5c34)nc(-n3c4ccccc4c4ccccc43)n2)cc1. The zero-order valence-electron chi connectivity index (χ0n) is 22.4. The molecule has 196 valence electrons. The minimum absolute atomic E-state index is 0.609. The smallest absolute Gasteiger partial charge is 0.238 e. The number of hydrogen-bond acceptors (Lipinski definition) is 4. The molecule has 6 aromatic carbocycles. The first-order valence-electron chi connectivity index (χ1n) is 14.0. The molecule has 0 N–H and O–H groups in total. The van der Waals surface area contributed by atoms with Gasteiger partial charge in [-0.2, -0.15) is 9.97 Å². The highest BCUT2D eigenvalue weighted by Crippen LogP contribution is 2.42. The van der Waals surface area contributed by atoms with Gasteiger partial charge >= 0.3 is 0 Å².